The molecular weight excluding hydrogens is 400 g/mol. The molecule has 0 spiro atoms. The minimum Gasteiger partial charge on any atom is -0.302 e. The standard InChI is InChI=1S/C17H18N6OS3/c1-3-9-23-12(2)19-21-16(23)25-11-14(24)18-15-20-22-17(27-15)26-10-13-7-5-4-6-8-13/h3-8H,1,9-11H2,2H3,(H,18,20,24). The second kappa shape index (κ2) is 9.67. The zero-order valence-electron chi connectivity index (χ0n) is 14.7. The third-order valence-corrected chi connectivity index (χ3v) is 6.41. The number of hydrogen-bond donors (Lipinski definition) is 1. The molecule has 0 aliphatic carbocycles. The van der Waals surface area contributed by atoms with E-state index < -0.39 is 0 Å². The Bertz CT molecular complexity index is 909. The van der Waals surface area contributed by atoms with Crippen molar-refractivity contribution in [1.82, 2.24) is 25.0 Å². The van der Waals surface area contributed by atoms with E-state index in [0.29, 0.717) is 16.8 Å². The molecule has 1 aromatic carbocycles. The van der Waals surface area contributed by atoms with Gasteiger partial charge in [-0.15, -0.1) is 27.0 Å². The molecule has 0 aliphatic heterocycles. The summed E-state index contributed by atoms with van der Waals surface area (Å²) in [6.07, 6.45) is 1.77. The Morgan fingerprint density at radius 1 is 1.22 bits per heavy atom. The van der Waals surface area contributed by atoms with Gasteiger partial charge in [0.05, 0.1) is 5.75 Å². The number of carbonyl (C=O) groups excluding carboxylic acids is 1. The van der Waals surface area contributed by atoms with Gasteiger partial charge in [0.15, 0.2) is 9.50 Å². The van der Waals surface area contributed by atoms with E-state index in [4.69, 9.17) is 0 Å². The molecule has 1 N–H and O–H groups in total. The molecule has 3 aromatic rings. The van der Waals surface area contributed by atoms with E-state index in [-0.39, 0.29) is 11.7 Å². The van der Waals surface area contributed by atoms with Crippen LogP contribution in [0.3, 0.4) is 0 Å². The summed E-state index contributed by atoms with van der Waals surface area (Å²) in [5.74, 6) is 1.68. The zero-order valence-corrected chi connectivity index (χ0v) is 17.1. The number of nitrogens with zero attached hydrogens (tertiary/aromatic N) is 5. The Kier molecular flexibility index (Phi) is 7.02. The van der Waals surface area contributed by atoms with Crippen LogP contribution >= 0.6 is 34.9 Å². The maximum Gasteiger partial charge on any atom is 0.236 e. The van der Waals surface area contributed by atoms with Crippen molar-refractivity contribution >= 4 is 45.9 Å². The Balaban J connectivity index is 1.48. The van der Waals surface area contributed by atoms with E-state index in [1.807, 2.05) is 29.7 Å². The lowest BCUT2D eigenvalue weighted by atomic mass is 10.2. The van der Waals surface area contributed by atoms with Gasteiger partial charge in [-0.1, -0.05) is 71.3 Å². The Morgan fingerprint density at radius 2 is 2.04 bits per heavy atom. The lowest BCUT2D eigenvalue weighted by Gasteiger charge is -2.04. The lowest BCUT2D eigenvalue weighted by molar-refractivity contribution is -0.113. The van der Waals surface area contributed by atoms with Crippen LogP contribution in [0.2, 0.25) is 0 Å². The number of amides is 1. The van der Waals surface area contributed by atoms with Crippen LogP contribution in [0.25, 0.3) is 0 Å². The summed E-state index contributed by atoms with van der Waals surface area (Å²) in [4.78, 5) is 12.2. The van der Waals surface area contributed by atoms with Gasteiger partial charge in [-0.05, 0) is 12.5 Å². The predicted octanol–water partition coefficient (Wildman–Crippen LogP) is 3.65. The molecule has 0 saturated carbocycles. The van der Waals surface area contributed by atoms with Crippen molar-refractivity contribution in [3.05, 3.63) is 54.4 Å². The van der Waals surface area contributed by atoms with E-state index in [2.05, 4.69) is 44.4 Å². The number of nitrogens with one attached hydrogen (secondary N) is 1. The average Bonchev–Trinajstić information content (AvgIpc) is 3.27. The van der Waals surface area contributed by atoms with Gasteiger partial charge < -0.3 is 4.57 Å². The van der Waals surface area contributed by atoms with Gasteiger partial charge in [0.1, 0.15) is 5.82 Å². The first-order chi connectivity index (χ1) is 13.2. The number of aryl methyl sites for hydroxylation is 1. The molecule has 140 valence electrons. The first-order valence-corrected chi connectivity index (χ1v) is 10.9. The molecule has 27 heavy (non-hydrogen) atoms. The normalized spacial score (nSPS) is 10.7. The second-order valence-electron chi connectivity index (χ2n) is 5.41. The van der Waals surface area contributed by atoms with Crippen molar-refractivity contribution in [2.75, 3.05) is 11.1 Å². The summed E-state index contributed by atoms with van der Waals surface area (Å²) in [5.41, 5.74) is 1.22. The van der Waals surface area contributed by atoms with Crippen LogP contribution < -0.4 is 5.32 Å². The topological polar surface area (TPSA) is 85.6 Å². The molecule has 7 nitrogen and oxygen atoms in total. The van der Waals surface area contributed by atoms with Crippen LogP contribution in [0.15, 0.2) is 52.5 Å². The fraction of sp³-hybridized carbons (Fsp3) is 0.235. The quantitative estimate of drug-likeness (QED) is 0.322. The molecule has 2 aromatic heterocycles. The Hall–Kier alpha value is -2.17. The average molecular weight is 419 g/mol. The molecule has 0 fully saturated rings. The summed E-state index contributed by atoms with van der Waals surface area (Å²) < 4.78 is 2.73. The van der Waals surface area contributed by atoms with Crippen molar-refractivity contribution in [1.29, 1.82) is 0 Å². The van der Waals surface area contributed by atoms with Gasteiger partial charge in [0.25, 0.3) is 0 Å². The van der Waals surface area contributed by atoms with Crippen LogP contribution in [0.4, 0.5) is 5.13 Å². The van der Waals surface area contributed by atoms with Crippen molar-refractivity contribution in [3.8, 4) is 0 Å². The maximum absolute atomic E-state index is 12.2. The highest BCUT2D eigenvalue weighted by Gasteiger charge is 2.13. The fourth-order valence-corrected chi connectivity index (χ4v) is 4.65. The monoisotopic (exact) mass is 418 g/mol. The zero-order chi connectivity index (χ0) is 19.1. The van der Waals surface area contributed by atoms with Crippen molar-refractivity contribution in [3.63, 3.8) is 0 Å². The number of allylic oxidation sites excluding steroid dienone is 1. The molecule has 10 heteroatoms. The highest BCUT2D eigenvalue weighted by atomic mass is 32.2. The summed E-state index contributed by atoms with van der Waals surface area (Å²) in [7, 11) is 0. The Morgan fingerprint density at radius 3 is 2.81 bits per heavy atom. The SMILES string of the molecule is C=CCn1c(C)nnc1SCC(=O)Nc1nnc(SCc2ccccc2)s1. The number of benzene rings is 1. The van der Waals surface area contributed by atoms with Crippen LogP contribution in [0, 0.1) is 6.92 Å². The molecule has 0 atom stereocenters. The first kappa shape index (κ1) is 19.6. The molecule has 0 radical (unpaired) electrons. The number of anilines is 1. The van der Waals surface area contributed by atoms with Crippen LogP contribution in [-0.2, 0) is 17.1 Å². The molecule has 0 bridgehead atoms. The lowest BCUT2D eigenvalue weighted by Crippen LogP contribution is -2.14. The van der Waals surface area contributed by atoms with Crippen LogP contribution in [-0.4, -0.2) is 36.6 Å². The van der Waals surface area contributed by atoms with Gasteiger partial charge in [0, 0.05) is 12.3 Å². The van der Waals surface area contributed by atoms with E-state index in [0.717, 1.165) is 15.9 Å². The molecule has 0 aliphatic rings. The summed E-state index contributed by atoms with van der Waals surface area (Å²) >= 11 is 4.30. The number of aromatic nitrogens is 5. The summed E-state index contributed by atoms with van der Waals surface area (Å²) in [6.45, 7) is 6.21. The van der Waals surface area contributed by atoms with E-state index in [1.54, 1.807) is 17.8 Å². The number of carbonyl (C=O) groups is 1. The van der Waals surface area contributed by atoms with Crippen LogP contribution in [0.1, 0.15) is 11.4 Å². The third-order valence-electron chi connectivity index (χ3n) is 3.40. The Labute approximate surface area is 169 Å². The summed E-state index contributed by atoms with van der Waals surface area (Å²) in [6, 6.07) is 10.2. The highest BCUT2D eigenvalue weighted by molar-refractivity contribution is 8.00. The smallest absolute Gasteiger partial charge is 0.236 e. The van der Waals surface area contributed by atoms with Crippen LogP contribution in [0.5, 0.6) is 0 Å². The van der Waals surface area contributed by atoms with Crippen molar-refractivity contribution in [2.24, 2.45) is 0 Å². The molecule has 0 saturated heterocycles. The van der Waals surface area contributed by atoms with Crippen molar-refractivity contribution < 1.29 is 4.79 Å². The van der Waals surface area contributed by atoms with E-state index >= 15 is 0 Å². The number of hydrogen-bond acceptors (Lipinski definition) is 8. The van der Waals surface area contributed by atoms with Crippen molar-refractivity contribution in [2.45, 2.75) is 28.7 Å². The summed E-state index contributed by atoms with van der Waals surface area (Å²) in [5, 5.41) is 20.3. The minimum absolute atomic E-state index is 0.151. The van der Waals surface area contributed by atoms with E-state index in [1.165, 1.54) is 28.7 Å². The molecular formula is C17H18N6OS3. The number of rotatable bonds is 9. The number of thioether (sulfide) groups is 2. The van der Waals surface area contributed by atoms with Gasteiger partial charge in [-0.3, -0.25) is 10.1 Å². The first-order valence-electron chi connectivity index (χ1n) is 8.09. The molecule has 1 amide bonds. The molecule has 3 rings (SSSR count). The van der Waals surface area contributed by atoms with Gasteiger partial charge in [0.2, 0.25) is 11.0 Å². The largest absolute Gasteiger partial charge is 0.302 e. The molecule has 0 unspecified atom stereocenters. The maximum atomic E-state index is 12.2. The second-order valence-corrected chi connectivity index (χ2v) is 8.56. The van der Waals surface area contributed by atoms with Gasteiger partial charge in [-0.2, -0.15) is 0 Å². The van der Waals surface area contributed by atoms with Gasteiger partial charge in [-0.25, -0.2) is 0 Å². The predicted molar refractivity (Wildman–Crippen MR) is 110 cm³/mol. The highest BCUT2D eigenvalue weighted by Crippen LogP contribution is 2.28. The van der Waals surface area contributed by atoms with E-state index in [9.17, 15) is 4.79 Å². The minimum atomic E-state index is -0.151. The fourth-order valence-electron chi connectivity index (χ4n) is 2.13. The molecule has 2 heterocycles. The third kappa shape index (κ3) is 5.65. The van der Waals surface area contributed by atoms with Gasteiger partial charge >= 0.3 is 0 Å².